The molecule has 1 N–H and O–H groups in total. The standard InChI is InChI=1S/C13H9BrF2O2/c14-12-6-9(15)1-2-13(12)18-11-4-8(7-17)3-10(16)5-11/h1-6,17H,7H2. The minimum absolute atomic E-state index is 0.242. The van der Waals surface area contributed by atoms with Gasteiger partial charge in [-0.15, -0.1) is 0 Å². The van der Waals surface area contributed by atoms with Gasteiger partial charge in [0, 0.05) is 6.07 Å². The summed E-state index contributed by atoms with van der Waals surface area (Å²) in [4.78, 5) is 0. The van der Waals surface area contributed by atoms with Gasteiger partial charge in [0.25, 0.3) is 0 Å². The van der Waals surface area contributed by atoms with Crippen molar-refractivity contribution in [1.82, 2.24) is 0 Å². The average molecular weight is 315 g/mol. The lowest BCUT2D eigenvalue weighted by Crippen LogP contribution is -1.91. The Morgan fingerprint density at radius 1 is 1.06 bits per heavy atom. The van der Waals surface area contributed by atoms with Crippen LogP contribution in [-0.4, -0.2) is 5.11 Å². The van der Waals surface area contributed by atoms with E-state index in [1.54, 1.807) is 0 Å². The maximum Gasteiger partial charge on any atom is 0.141 e. The van der Waals surface area contributed by atoms with E-state index in [1.165, 1.54) is 36.4 Å². The van der Waals surface area contributed by atoms with Gasteiger partial charge in [-0.05, 0) is 51.8 Å². The largest absolute Gasteiger partial charge is 0.456 e. The molecule has 0 aliphatic rings. The second kappa shape index (κ2) is 5.46. The summed E-state index contributed by atoms with van der Waals surface area (Å²) in [5, 5.41) is 8.96. The van der Waals surface area contributed by atoms with E-state index in [-0.39, 0.29) is 12.4 Å². The van der Waals surface area contributed by atoms with Gasteiger partial charge >= 0.3 is 0 Å². The normalized spacial score (nSPS) is 10.4. The Morgan fingerprint density at radius 2 is 1.83 bits per heavy atom. The van der Waals surface area contributed by atoms with Crippen LogP contribution in [0, 0.1) is 11.6 Å². The topological polar surface area (TPSA) is 29.5 Å². The molecule has 0 saturated heterocycles. The zero-order chi connectivity index (χ0) is 13.1. The van der Waals surface area contributed by atoms with Gasteiger partial charge in [-0.3, -0.25) is 0 Å². The minimum Gasteiger partial charge on any atom is -0.456 e. The van der Waals surface area contributed by atoms with Crippen LogP contribution < -0.4 is 4.74 Å². The molecule has 0 fully saturated rings. The fourth-order valence-electron chi connectivity index (χ4n) is 1.46. The average Bonchev–Trinajstić information content (AvgIpc) is 2.32. The molecule has 94 valence electrons. The highest BCUT2D eigenvalue weighted by atomic mass is 79.9. The van der Waals surface area contributed by atoms with E-state index in [9.17, 15) is 8.78 Å². The van der Waals surface area contributed by atoms with Crippen molar-refractivity contribution >= 4 is 15.9 Å². The molecule has 0 aliphatic carbocycles. The lowest BCUT2D eigenvalue weighted by atomic mass is 10.2. The SMILES string of the molecule is OCc1cc(F)cc(Oc2ccc(F)cc2Br)c1. The molecular weight excluding hydrogens is 306 g/mol. The Kier molecular flexibility index (Phi) is 3.93. The Labute approximate surface area is 111 Å². The second-order valence-electron chi connectivity index (χ2n) is 3.63. The number of aliphatic hydroxyl groups is 1. The molecule has 0 atom stereocenters. The molecule has 0 aromatic heterocycles. The van der Waals surface area contributed by atoms with Gasteiger partial charge in [-0.25, -0.2) is 8.78 Å². The third-order valence-corrected chi connectivity index (χ3v) is 2.86. The highest BCUT2D eigenvalue weighted by molar-refractivity contribution is 9.10. The Hall–Kier alpha value is -1.46. The molecule has 2 aromatic rings. The van der Waals surface area contributed by atoms with Crippen LogP contribution in [0.5, 0.6) is 11.5 Å². The number of halogens is 3. The molecule has 0 heterocycles. The Balaban J connectivity index is 2.30. The van der Waals surface area contributed by atoms with Gasteiger partial charge in [0.05, 0.1) is 11.1 Å². The zero-order valence-corrected chi connectivity index (χ0v) is 10.7. The summed E-state index contributed by atoms with van der Waals surface area (Å²) >= 11 is 3.15. The van der Waals surface area contributed by atoms with Crippen molar-refractivity contribution in [2.24, 2.45) is 0 Å². The first-order valence-corrected chi connectivity index (χ1v) is 5.91. The number of ether oxygens (including phenoxy) is 1. The van der Waals surface area contributed by atoms with Crippen molar-refractivity contribution in [3.63, 3.8) is 0 Å². The molecule has 2 aromatic carbocycles. The molecule has 0 radical (unpaired) electrons. The maximum absolute atomic E-state index is 13.2. The summed E-state index contributed by atoms with van der Waals surface area (Å²) in [6.07, 6.45) is 0. The molecule has 0 saturated carbocycles. The van der Waals surface area contributed by atoms with Crippen LogP contribution in [-0.2, 0) is 6.61 Å². The second-order valence-corrected chi connectivity index (χ2v) is 4.48. The molecule has 0 aliphatic heterocycles. The summed E-state index contributed by atoms with van der Waals surface area (Å²) in [5.74, 6) is -0.295. The quantitative estimate of drug-likeness (QED) is 0.927. The van der Waals surface area contributed by atoms with Gasteiger partial charge < -0.3 is 9.84 Å². The summed E-state index contributed by atoms with van der Waals surface area (Å²) in [6.45, 7) is -0.279. The first kappa shape index (κ1) is 13.0. The van der Waals surface area contributed by atoms with Crippen molar-refractivity contribution in [2.45, 2.75) is 6.61 Å². The molecular formula is C13H9BrF2O2. The number of hydrogen-bond acceptors (Lipinski definition) is 2. The van der Waals surface area contributed by atoms with E-state index in [2.05, 4.69) is 15.9 Å². The Bertz CT molecular complexity index is 573. The third kappa shape index (κ3) is 3.05. The lowest BCUT2D eigenvalue weighted by molar-refractivity contribution is 0.280. The van der Waals surface area contributed by atoms with Crippen LogP contribution >= 0.6 is 15.9 Å². The maximum atomic E-state index is 13.2. The van der Waals surface area contributed by atoms with Crippen LogP contribution in [0.25, 0.3) is 0 Å². The molecule has 2 nitrogen and oxygen atoms in total. The fraction of sp³-hybridized carbons (Fsp3) is 0.0769. The van der Waals surface area contributed by atoms with Crippen molar-refractivity contribution < 1.29 is 18.6 Å². The minimum atomic E-state index is -0.505. The van der Waals surface area contributed by atoms with E-state index in [0.717, 1.165) is 0 Å². The Morgan fingerprint density at radius 3 is 2.50 bits per heavy atom. The molecule has 0 amide bonds. The number of benzene rings is 2. The molecule has 0 spiro atoms. The highest BCUT2D eigenvalue weighted by Gasteiger charge is 2.06. The van der Waals surface area contributed by atoms with Gasteiger partial charge in [-0.2, -0.15) is 0 Å². The molecule has 18 heavy (non-hydrogen) atoms. The van der Waals surface area contributed by atoms with Crippen LogP contribution in [0.1, 0.15) is 5.56 Å². The predicted molar refractivity (Wildman–Crippen MR) is 66.5 cm³/mol. The number of rotatable bonds is 3. The molecule has 5 heteroatoms. The van der Waals surface area contributed by atoms with Gasteiger partial charge in [-0.1, -0.05) is 0 Å². The van der Waals surface area contributed by atoms with E-state index in [4.69, 9.17) is 9.84 Å². The first-order valence-electron chi connectivity index (χ1n) is 5.12. The van der Waals surface area contributed by atoms with Crippen LogP contribution in [0.2, 0.25) is 0 Å². The predicted octanol–water partition coefficient (Wildman–Crippen LogP) is 4.01. The first-order chi connectivity index (χ1) is 8.58. The van der Waals surface area contributed by atoms with E-state index >= 15 is 0 Å². The molecule has 0 bridgehead atoms. The summed E-state index contributed by atoms with van der Waals surface area (Å²) in [5.41, 5.74) is 0.406. The molecule has 2 rings (SSSR count). The van der Waals surface area contributed by atoms with E-state index < -0.39 is 11.6 Å². The fourth-order valence-corrected chi connectivity index (χ4v) is 1.89. The summed E-state index contributed by atoms with van der Waals surface area (Å²) in [7, 11) is 0. The van der Waals surface area contributed by atoms with Crippen molar-refractivity contribution in [2.75, 3.05) is 0 Å². The number of aliphatic hydroxyl groups excluding tert-OH is 1. The van der Waals surface area contributed by atoms with Gasteiger partial charge in [0.15, 0.2) is 0 Å². The van der Waals surface area contributed by atoms with Crippen molar-refractivity contribution in [3.8, 4) is 11.5 Å². The summed E-state index contributed by atoms with van der Waals surface area (Å²) < 4.78 is 32.0. The smallest absolute Gasteiger partial charge is 0.141 e. The van der Waals surface area contributed by atoms with E-state index in [0.29, 0.717) is 15.8 Å². The lowest BCUT2D eigenvalue weighted by Gasteiger charge is -2.09. The van der Waals surface area contributed by atoms with Crippen LogP contribution in [0.3, 0.4) is 0 Å². The van der Waals surface area contributed by atoms with Crippen molar-refractivity contribution in [3.05, 3.63) is 58.1 Å². The van der Waals surface area contributed by atoms with E-state index in [1.807, 2.05) is 0 Å². The monoisotopic (exact) mass is 314 g/mol. The van der Waals surface area contributed by atoms with Crippen molar-refractivity contribution in [1.29, 1.82) is 0 Å². The summed E-state index contributed by atoms with van der Waals surface area (Å²) in [6, 6.07) is 7.84. The van der Waals surface area contributed by atoms with Gasteiger partial charge in [0.1, 0.15) is 23.1 Å². The van der Waals surface area contributed by atoms with Gasteiger partial charge in [0.2, 0.25) is 0 Å². The van der Waals surface area contributed by atoms with Crippen LogP contribution in [0.15, 0.2) is 40.9 Å². The molecule has 0 unspecified atom stereocenters. The highest BCUT2D eigenvalue weighted by Crippen LogP contribution is 2.31. The zero-order valence-electron chi connectivity index (χ0n) is 9.16. The number of hydrogen-bond donors (Lipinski definition) is 1. The van der Waals surface area contributed by atoms with Crippen LogP contribution in [0.4, 0.5) is 8.78 Å². The third-order valence-electron chi connectivity index (χ3n) is 2.24.